The van der Waals surface area contributed by atoms with E-state index in [-0.39, 0.29) is 5.82 Å². The van der Waals surface area contributed by atoms with Crippen molar-refractivity contribution in [3.8, 4) is 11.4 Å². The summed E-state index contributed by atoms with van der Waals surface area (Å²) in [7, 11) is 2.79. The molecular formula is C19H10FN2S2+. The minimum atomic E-state index is -0.205. The predicted octanol–water partition coefficient (Wildman–Crippen LogP) is 6.15. The van der Waals surface area contributed by atoms with Gasteiger partial charge in [-0.3, -0.25) is 0 Å². The molecular weight excluding hydrogens is 339 g/mol. The normalized spacial score (nSPS) is 11.5. The first kappa shape index (κ1) is 13.9. The van der Waals surface area contributed by atoms with Crippen molar-refractivity contribution < 1.29 is 4.39 Å². The Kier molecular flexibility index (Phi) is 3.04. The van der Waals surface area contributed by atoms with Crippen molar-refractivity contribution in [1.29, 1.82) is 0 Å². The van der Waals surface area contributed by atoms with Crippen LogP contribution < -0.4 is 0 Å². The lowest BCUT2D eigenvalue weighted by atomic mass is 9.98. The van der Waals surface area contributed by atoms with Crippen molar-refractivity contribution in [3.63, 3.8) is 0 Å². The summed E-state index contributed by atoms with van der Waals surface area (Å²) in [6.45, 7) is 0. The third-order valence-corrected chi connectivity index (χ3v) is 5.46. The van der Waals surface area contributed by atoms with Crippen LogP contribution in [0, 0.1) is 5.82 Å². The molecule has 2 nitrogen and oxygen atoms in total. The van der Waals surface area contributed by atoms with Gasteiger partial charge < -0.3 is 0 Å². The number of hydrogen-bond acceptors (Lipinski definition) is 3. The molecule has 0 fully saturated rings. The Morgan fingerprint density at radius 3 is 2.04 bits per heavy atom. The van der Waals surface area contributed by atoms with Crippen LogP contribution in [0.4, 0.5) is 4.39 Å². The first-order valence-corrected chi connectivity index (χ1v) is 9.52. The summed E-state index contributed by atoms with van der Waals surface area (Å²) >= 11 is 0. The number of hydrogen-bond donors (Lipinski definition) is 0. The number of rotatable bonds is 1. The number of nitrogens with zero attached hydrogens (tertiary/aromatic N) is 2. The molecule has 0 bridgehead atoms. The fraction of sp³-hybridized carbons (Fsp3) is 0. The highest BCUT2D eigenvalue weighted by Gasteiger charge is 2.10. The first-order valence-electron chi connectivity index (χ1n) is 7.45. The van der Waals surface area contributed by atoms with Gasteiger partial charge in [0.15, 0.2) is 0 Å². The maximum Gasteiger partial charge on any atom is 0.462 e. The van der Waals surface area contributed by atoms with Crippen molar-refractivity contribution in [3.05, 3.63) is 66.5 Å². The van der Waals surface area contributed by atoms with E-state index in [0.29, 0.717) is 0 Å². The van der Waals surface area contributed by atoms with Crippen LogP contribution in [0.25, 0.3) is 43.7 Å². The van der Waals surface area contributed by atoms with Gasteiger partial charge in [-0.25, -0.2) is 4.39 Å². The lowest BCUT2D eigenvalue weighted by Gasteiger charge is -2.06. The largest absolute Gasteiger partial charge is 0.462 e. The molecule has 5 heteroatoms. The van der Waals surface area contributed by atoms with Gasteiger partial charge in [0.25, 0.3) is 0 Å². The second-order valence-electron chi connectivity index (χ2n) is 5.76. The second-order valence-corrected chi connectivity index (χ2v) is 7.32. The Balaban J connectivity index is 1.78. The highest BCUT2D eigenvalue weighted by atomic mass is 32.9. The van der Waals surface area contributed by atoms with Crippen LogP contribution in [0.5, 0.6) is 0 Å². The van der Waals surface area contributed by atoms with E-state index < -0.39 is 0 Å². The highest BCUT2D eigenvalue weighted by molar-refractivity contribution is 7.64. The standard InChI is InChI=1S/C19H10FN2S2/c20-18-4-3-12-6-15-8-14-7-13(19-21-23-24-22-19)2-1-11(14)5-16(15)9-17(12)10-18/h1-10H/q+1. The van der Waals surface area contributed by atoms with E-state index in [4.69, 9.17) is 0 Å². The van der Waals surface area contributed by atoms with E-state index in [1.165, 1.54) is 27.1 Å². The first-order chi connectivity index (χ1) is 11.8. The smallest absolute Gasteiger partial charge is 0.207 e. The molecule has 0 saturated heterocycles. The lowest BCUT2D eigenvalue weighted by molar-refractivity contribution is 0.630. The Morgan fingerprint density at radius 1 is 0.708 bits per heavy atom. The van der Waals surface area contributed by atoms with Crippen molar-refractivity contribution in [2.75, 3.05) is 0 Å². The molecule has 0 atom stereocenters. The molecule has 114 valence electrons. The van der Waals surface area contributed by atoms with E-state index in [1.807, 2.05) is 18.2 Å². The molecule has 0 amide bonds. The van der Waals surface area contributed by atoms with Gasteiger partial charge in [0.2, 0.25) is 5.82 Å². The fourth-order valence-corrected chi connectivity index (χ4v) is 4.26. The maximum atomic E-state index is 13.5. The monoisotopic (exact) mass is 349 g/mol. The zero-order chi connectivity index (χ0) is 16.1. The van der Waals surface area contributed by atoms with E-state index in [2.05, 4.69) is 39.1 Å². The summed E-state index contributed by atoms with van der Waals surface area (Å²) in [5.41, 5.74) is 1.03. The molecule has 0 radical (unpaired) electrons. The van der Waals surface area contributed by atoms with Gasteiger partial charge in [0.05, 0.1) is 4.37 Å². The molecule has 24 heavy (non-hydrogen) atoms. The number of aromatic nitrogens is 2. The fourth-order valence-electron chi connectivity index (χ4n) is 3.09. The molecule has 0 aliphatic carbocycles. The molecule has 5 rings (SSSR count). The zero-order valence-corrected chi connectivity index (χ0v) is 14.0. The molecule has 0 saturated carbocycles. The van der Waals surface area contributed by atoms with Crippen molar-refractivity contribution in [1.82, 2.24) is 8.75 Å². The summed E-state index contributed by atoms with van der Waals surface area (Å²) in [4.78, 5) is 0. The van der Waals surface area contributed by atoms with Crippen LogP contribution in [-0.4, -0.2) is 8.75 Å². The van der Waals surface area contributed by atoms with Gasteiger partial charge in [-0.05, 0) is 74.8 Å². The van der Waals surface area contributed by atoms with E-state index >= 15 is 0 Å². The lowest BCUT2D eigenvalue weighted by Crippen LogP contribution is -1.83. The third kappa shape index (κ3) is 2.25. The topological polar surface area (TPSA) is 25.8 Å². The minimum Gasteiger partial charge on any atom is -0.207 e. The molecule has 1 aromatic heterocycles. The SMILES string of the molecule is Fc1ccc2cc3cc4cc(-c5ns[s+]n5)ccc4cc3cc2c1. The van der Waals surface area contributed by atoms with Gasteiger partial charge in [0.1, 0.15) is 5.82 Å². The van der Waals surface area contributed by atoms with Crippen molar-refractivity contribution >= 4 is 53.4 Å². The summed E-state index contributed by atoms with van der Waals surface area (Å²) in [6.07, 6.45) is 0. The van der Waals surface area contributed by atoms with E-state index in [0.717, 1.165) is 43.7 Å². The van der Waals surface area contributed by atoms with Gasteiger partial charge in [-0.1, -0.05) is 18.2 Å². The van der Waals surface area contributed by atoms with Gasteiger partial charge >= 0.3 is 21.1 Å². The van der Waals surface area contributed by atoms with E-state index in [9.17, 15) is 4.39 Å². The van der Waals surface area contributed by atoms with Crippen LogP contribution in [0.15, 0.2) is 60.7 Å². The molecule has 0 unspecified atom stereocenters. The van der Waals surface area contributed by atoms with Crippen LogP contribution in [0.1, 0.15) is 0 Å². The quantitative estimate of drug-likeness (QED) is 0.206. The molecule has 0 aliphatic heterocycles. The summed E-state index contributed by atoms with van der Waals surface area (Å²) < 4.78 is 22.1. The molecule has 5 aromatic rings. The molecule has 0 N–H and O–H groups in total. The molecule has 0 spiro atoms. The van der Waals surface area contributed by atoms with Crippen molar-refractivity contribution in [2.45, 2.75) is 0 Å². The average Bonchev–Trinajstić information content (AvgIpc) is 3.12. The Morgan fingerprint density at radius 2 is 1.33 bits per heavy atom. The van der Waals surface area contributed by atoms with Crippen molar-refractivity contribution in [2.24, 2.45) is 0 Å². The minimum absolute atomic E-state index is 0.205. The van der Waals surface area contributed by atoms with Gasteiger partial charge in [-0.15, -0.1) is 4.37 Å². The second kappa shape index (κ2) is 5.26. The Bertz CT molecular complexity index is 1220. The van der Waals surface area contributed by atoms with Crippen LogP contribution in [-0.2, 0) is 0 Å². The maximum absolute atomic E-state index is 13.5. The summed E-state index contributed by atoms with van der Waals surface area (Å²) in [5, 5.41) is 6.53. The van der Waals surface area contributed by atoms with Crippen LogP contribution in [0.3, 0.4) is 0 Å². The van der Waals surface area contributed by atoms with Gasteiger partial charge in [0, 0.05) is 5.56 Å². The number of fused-ring (bicyclic) bond motifs is 3. The van der Waals surface area contributed by atoms with Crippen LogP contribution in [0.2, 0.25) is 0 Å². The number of benzene rings is 4. The van der Waals surface area contributed by atoms with Gasteiger partial charge in [-0.2, -0.15) is 0 Å². The highest BCUT2D eigenvalue weighted by Crippen LogP contribution is 2.30. The Labute approximate surface area is 144 Å². The molecule has 1 heterocycles. The molecule has 4 aromatic carbocycles. The average molecular weight is 349 g/mol. The van der Waals surface area contributed by atoms with Crippen LogP contribution >= 0.6 is 21.1 Å². The summed E-state index contributed by atoms with van der Waals surface area (Å²) in [5.74, 6) is 0.574. The van der Waals surface area contributed by atoms with E-state index in [1.54, 1.807) is 6.07 Å². The number of halogens is 1. The predicted molar refractivity (Wildman–Crippen MR) is 100 cm³/mol. The summed E-state index contributed by atoms with van der Waals surface area (Å²) in [6, 6.07) is 19.6. The molecule has 0 aliphatic rings. The third-order valence-electron chi connectivity index (χ3n) is 4.25. The Hall–Kier alpha value is -2.50. The zero-order valence-electron chi connectivity index (χ0n) is 12.4.